The highest BCUT2D eigenvalue weighted by Gasteiger charge is 2.53. The number of benzene rings is 4. The molecule has 6 heterocycles. The number of fused-ring (bicyclic) bond motifs is 4. The van der Waals surface area contributed by atoms with Crippen LogP contribution >= 0.6 is 0 Å². The summed E-state index contributed by atoms with van der Waals surface area (Å²) in [6, 6.07) is 21.6. The molecule has 368 valence electrons. The van der Waals surface area contributed by atoms with Gasteiger partial charge in [0.05, 0.1) is 69.0 Å². The molecular formula is C52H52F2N8O9. The topological polar surface area (TPSA) is 202 Å². The molecule has 71 heavy (non-hydrogen) atoms. The lowest BCUT2D eigenvalue weighted by Crippen LogP contribution is -2.53. The standard InChI is InChI=1S/C52H52F2N8O9/c1-67-49(65)59-43(29-7-4-3-5-8-29)48(64)62-28-51(70-21-22-71-51)26-42(62)46-56-38-15-12-32(25-39(38)57-46)31-10-13-34-35-14-11-33(24-37(35)52(53,54)36(34)23-31)40-27-55-45(58-40)41-9-6-18-61(41)47(63)44(60-50(66)68-2)30-16-19-69-20-17-30/h3-5,7-8,10-15,23-25,27,30,41-44H,6,9,16-22,26,28H2,1-2H3,(H,55,58)(H,56,57)(H,59,65)(H,60,66)/t41-,42?,43+,44-/m0/s1. The number of carbonyl (C=O) groups excluding carboxylic acids is 4. The van der Waals surface area contributed by atoms with Crippen LogP contribution in [-0.2, 0) is 39.2 Å². The van der Waals surface area contributed by atoms with E-state index in [1.54, 1.807) is 58.5 Å². The number of alkyl halides is 2. The molecular weight excluding hydrogens is 919 g/mol. The molecule has 0 radical (unpaired) electrons. The molecule has 0 bridgehead atoms. The van der Waals surface area contributed by atoms with Crippen LogP contribution in [0.1, 0.15) is 78.6 Å². The Balaban J connectivity index is 0.836. The maximum Gasteiger partial charge on any atom is 0.407 e. The quantitative estimate of drug-likeness (QED) is 0.105. The number of hydrogen-bond acceptors (Lipinski definition) is 11. The predicted octanol–water partition coefficient (Wildman–Crippen LogP) is 7.67. The van der Waals surface area contributed by atoms with Crippen molar-refractivity contribution in [1.82, 2.24) is 40.4 Å². The van der Waals surface area contributed by atoms with Gasteiger partial charge < -0.3 is 54.1 Å². The fourth-order valence-corrected chi connectivity index (χ4v) is 11.0. The van der Waals surface area contributed by atoms with Crippen LogP contribution in [0, 0.1) is 5.92 Å². The SMILES string of the molecule is COC(=O)N[C@H](C(=O)N1CCC[C@H]1c1ncc(-c2ccc3c(c2)C(F)(F)c2cc(-c4ccc5nc(C6CC7(CN6C(=O)[C@H](NC(=O)OC)c6ccccc6)OCCO7)[nH]c5c4)ccc2-3)[nH]1)C1CCOCC1. The minimum absolute atomic E-state index is 0.0964. The second kappa shape index (κ2) is 18.5. The van der Waals surface area contributed by atoms with Crippen LogP contribution in [0.3, 0.4) is 0 Å². The minimum atomic E-state index is -3.33. The third kappa shape index (κ3) is 8.44. The number of imidazole rings is 2. The third-order valence-electron chi connectivity index (χ3n) is 14.6. The van der Waals surface area contributed by atoms with Gasteiger partial charge in [-0.05, 0) is 83.7 Å². The van der Waals surface area contributed by atoms with Crippen molar-refractivity contribution < 1.29 is 51.6 Å². The Morgan fingerprint density at radius 1 is 0.746 bits per heavy atom. The van der Waals surface area contributed by atoms with Crippen LogP contribution in [-0.4, -0.2) is 119 Å². The molecule has 1 spiro atoms. The lowest BCUT2D eigenvalue weighted by atomic mass is 9.90. The van der Waals surface area contributed by atoms with Crippen LogP contribution in [0.5, 0.6) is 0 Å². The molecule has 5 aliphatic rings. The van der Waals surface area contributed by atoms with Crippen LogP contribution in [0.2, 0.25) is 0 Å². The van der Waals surface area contributed by atoms with Crippen molar-refractivity contribution in [3.05, 3.63) is 119 Å². The van der Waals surface area contributed by atoms with Gasteiger partial charge in [-0.25, -0.2) is 19.6 Å². The molecule has 2 aromatic heterocycles. The Morgan fingerprint density at radius 3 is 2.15 bits per heavy atom. The number of amides is 4. The van der Waals surface area contributed by atoms with E-state index in [9.17, 15) is 19.2 Å². The molecule has 4 atom stereocenters. The summed E-state index contributed by atoms with van der Waals surface area (Å²) in [5.41, 5.74) is 4.73. The first-order valence-corrected chi connectivity index (χ1v) is 23.9. The van der Waals surface area contributed by atoms with E-state index in [1.165, 1.54) is 26.4 Å². The lowest BCUT2D eigenvalue weighted by Gasteiger charge is -2.34. The summed E-state index contributed by atoms with van der Waals surface area (Å²) in [4.78, 5) is 73.1. The van der Waals surface area contributed by atoms with E-state index in [2.05, 4.69) is 25.6 Å². The van der Waals surface area contributed by atoms with Gasteiger partial charge >= 0.3 is 12.2 Å². The zero-order chi connectivity index (χ0) is 49.0. The van der Waals surface area contributed by atoms with Crippen LogP contribution < -0.4 is 10.6 Å². The first-order valence-electron chi connectivity index (χ1n) is 23.9. The zero-order valence-corrected chi connectivity index (χ0v) is 39.0. The van der Waals surface area contributed by atoms with Crippen molar-refractivity contribution in [2.45, 2.75) is 68.0 Å². The smallest absolute Gasteiger partial charge is 0.407 e. The first kappa shape index (κ1) is 46.2. The molecule has 0 saturated carbocycles. The number of H-pyrrole nitrogens is 2. The summed E-state index contributed by atoms with van der Waals surface area (Å²) in [5, 5.41) is 5.45. The third-order valence-corrected chi connectivity index (χ3v) is 14.6. The molecule has 1 unspecified atom stereocenters. The molecule has 19 heteroatoms. The monoisotopic (exact) mass is 970 g/mol. The molecule has 4 aromatic carbocycles. The molecule has 4 fully saturated rings. The van der Waals surface area contributed by atoms with E-state index >= 15 is 8.78 Å². The summed E-state index contributed by atoms with van der Waals surface area (Å²) in [5.74, 6) is -4.11. The number of alkyl carbamates (subject to hydrolysis) is 2. The fraction of sp³-hybridized carbons (Fsp3) is 0.385. The molecule has 4 amide bonds. The molecule has 1 aliphatic carbocycles. The Bertz CT molecular complexity index is 3020. The van der Waals surface area contributed by atoms with Crippen molar-refractivity contribution in [3.63, 3.8) is 0 Å². The second-order valence-electron chi connectivity index (χ2n) is 18.7. The van der Waals surface area contributed by atoms with Gasteiger partial charge in [-0.1, -0.05) is 60.7 Å². The highest BCUT2D eigenvalue weighted by Crippen LogP contribution is 2.53. The molecule has 17 nitrogen and oxygen atoms in total. The van der Waals surface area contributed by atoms with Gasteiger partial charge in [0.15, 0.2) is 5.79 Å². The van der Waals surface area contributed by atoms with E-state index in [0.29, 0.717) is 114 Å². The number of carbonyl (C=O) groups is 4. The van der Waals surface area contributed by atoms with Gasteiger partial charge in [-0.3, -0.25) is 9.59 Å². The summed E-state index contributed by atoms with van der Waals surface area (Å²) >= 11 is 0. The van der Waals surface area contributed by atoms with Crippen LogP contribution in [0.4, 0.5) is 18.4 Å². The number of aromatic nitrogens is 4. The molecule has 4 saturated heterocycles. The molecule has 4 N–H and O–H groups in total. The molecule has 11 rings (SSSR count). The Morgan fingerprint density at radius 2 is 1.42 bits per heavy atom. The molecule has 6 aromatic rings. The summed E-state index contributed by atoms with van der Waals surface area (Å²) in [6.07, 6.45) is 3.07. The van der Waals surface area contributed by atoms with E-state index in [-0.39, 0.29) is 35.9 Å². The first-order chi connectivity index (χ1) is 34.4. The minimum Gasteiger partial charge on any atom is -0.453 e. The van der Waals surface area contributed by atoms with E-state index in [1.807, 2.05) is 30.3 Å². The van der Waals surface area contributed by atoms with E-state index < -0.39 is 54.0 Å². The maximum absolute atomic E-state index is 16.8. The average Bonchev–Trinajstić information content (AvgIpc) is 4.28. The highest BCUT2D eigenvalue weighted by molar-refractivity contribution is 5.89. The fourth-order valence-electron chi connectivity index (χ4n) is 11.0. The number of hydrogen-bond donors (Lipinski definition) is 4. The van der Waals surface area contributed by atoms with Crippen molar-refractivity contribution in [1.29, 1.82) is 0 Å². The zero-order valence-electron chi connectivity index (χ0n) is 39.0. The predicted molar refractivity (Wildman–Crippen MR) is 253 cm³/mol. The normalized spacial score (nSPS) is 21.0. The lowest BCUT2D eigenvalue weighted by molar-refractivity contribution is -0.153. The molecule has 4 aliphatic heterocycles. The second-order valence-corrected chi connectivity index (χ2v) is 18.7. The number of nitrogens with one attached hydrogen (secondary N) is 4. The number of methoxy groups -OCH3 is 2. The van der Waals surface area contributed by atoms with Crippen molar-refractivity contribution in [2.24, 2.45) is 5.92 Å². The van der Waals surface area contributed by atoms with Gasteiger partial charge in [0, 0.05) is 42.9 Å². The van der Waals surface area contributed by atoms with Crippen molar-refractivity contribution in [2.75, 3.05) is 53.7 Å². The summed E-state index contributed by atoms with van der Waals surface area (Å²) in [7, 11) is 2.50. The van der Waals surface area contributed by atoms with Gasteiger partial charge in [0.25, 0.3) is 11.8 Å². The van der Waals surface area contributed by atoms with E-state index in [0.717, 1.165) is 6.42 Å². The van der Waals surface area contributed by atoms with Crippen LogP contribution in [0.25, 0.3) is 44.5 Å². The number of rotatable bonds is 10. The number of nitrogens with zero attached hydrogens (tertiary/aromatic N) is 4. The van der Waals surface area contributed by atoms with Gasteiger partial charge in [0.1, 0.15) is 23.7 Å². The Kier molecular flexibility index (Phi) is 12.0. The number of likely N-dealkylation sites (tertiary alicyclic amines) is 2. The van der Waals surface area contributed by atoms with Crippen molar-refractivity contribution >= 4 is 35.0 Å². The summed E-state index contributed by atoms with van der Waals surface area (Å²) in [6.45, 7) is 2.29. The van der Waals surface area contributed by atoms with Gasteiger partial charge in [0.2, 0.25) is 5.91 Å². The number of aromatic amines is 2. The van der Waals surface area contributed by atoms with E-state index in [4.69, 9.17) is 28.7 Å². The van der Waals surface area contributed by atoms with Gasteiger partial charge in [-0.15, -0.1) is 0 Å². The average molecular weight is 971 g/mol. The maximum atomic E-state index is 16.8. The number of halogens is 2. The van der Waals surface area contributed by atoms with Crippen molar-refractivity contribution in [3.8, 4) is 33.5 Å². The highest BCUT2D eigenvalue weighted by atomic mass is 19.3. The van der Waals surface area contributed by atoms with Gasteiger partial charge in [-0.2, -0.15) is 8.78 Å². The Hall–Kier alpha value is -7.22. The number of ether oxygens (including phenoxy) is 5. The summed E-state index contributed by atoms with van der Waals surface area (Å²) < 4.78 is 60.9. The largest absolute Gasteiger partial charge is 0.453 e. The van der Waals surface area contributed by atoms with Crippen LogP contribution in [0.15, 0.2) is 91.1 Å². The Labute approximate surface area is 406 Å².